The van der Waals surface area contributed by atoms with Crippen LogP contribution in [0.5, 0.6) is 0 Å². The van der Waals surface area contributed by atoms with Crippen molar-refractivity contribution in [2.75, 3.05) is 59.4 Å². The fourth-order valence-corrected chi connectivity index (χ4v) is 9.16. The normalized spacial score (nSPS) is 18.9. The number of aliphatic hydroxyl groups is 1. The summed E-state index contributed by atoms with van der Waals surface area (Å²) in [5, 5.41) is 27.1. The molecule has 5 aliphatic rings. The number of ether oxygens (including phenoxy) is 1. The molecule has 3 fully saturated rings. The highest BCUT2D eigenvalue weighted by molar-refractivity contribution is 7.93. The Morgan fingerprint density at radius 3 is 1.56 bits per heavy atom. The highest BCUT2D eigenvalue weighted by Crippen LogP contribution is 2.45. The minimum atomic E-state index is -3.86. The molecule has 2 aliphatic carbocycles. The van der Waals surface area contributed by atoms with Crippen molar-refractivity contribution >= 4 is 49.6 Å². The number of hydrogen-bond donors (Lipinski definition) is 5. The predicted octanol–water partition coefficient (Wildman–Crippen LogP) is 0.339. The minimum Gasteiger partial charge on any atom is -0.448 e. The van der Waals surface area contributed by atoms with Crippen LogP contribution >= 0.6 is 0 Å². The van der Waals surface area contributed by atoms with E-state index in [0.717, 1.165) is 43.9 Å². The van der Waals surface area contributed by atoms with E-state index in [9.17, 15) is 45.9 Å². The molecule has 68 heavy (non-hydrogen) atoms. The monoisotopic (exact) mass is 978 g/mol. The summed E-state index contributed by atoms with van der Waals surface area (Å²) >= 11 is 0. The van der Waals surface area contributed by atoms with E-state index in [-0.39, 0.29) is 81.7 Å². The summed E-state index contributed by atoms with van der Waals surface area (Å²) in [6.45, 7) is 3.70. The van der Waals surface area contributed by atoms with Gasteiger partial charge in [-0.25, -0.2) is 42.2 Å². The third kappa shape index (κ3) is 10.8. The van der Waals surface area contributed by atoms with Crippen LogP contribution in [0.25, 0.3) is 0 Å². The first-order valence-electron chi connectivity index (χ1n) is 21.4. The second-order valence-electron chi connectivity index (χ2n) is 18.3. The van der Waals surface area contributed by atoms with E-state index >= 15 is 0 Å². The standard InChI is InChI=1S/C24H28N4O8S.C21H26N4O5S/c1-23(20(30)25-33,37(2,34)35)9-10-26-13-18-11-17(12-28(18)21(26)31)5-3-4-6-24(7-8-24)16-36-22(32)27-14-19(29)15-27;1-20(18(26)22-28,31(4,29)30)11-12-24-15-17-13-16(14-25(17)19(24)27)7-5-6-8-21(9-10-21)23(2)3/h11-12,19,29,33H,7-10,13-16H2,1-2H3,(H,25,30);13-14,28H,9-12,15H2,1-4H3,(H,22,26)/t;20-/m.1/s1. The number of likely N-dealkylation sites (tertiary alicyclic amines) is 1. The molecule has 0 aromatic carbocycles. The van der Waals surface area contributed by atoms with Gasteiger partial charge in [-0.05, 0) is 102 Å². The molecule has 1 unspecified atom stereocenters. The number of nitrogens with one attached hydrogen (secondary N) is 2. The highest BCUT2D eigenvalue weighted by Gasteiger charge is 2.47. The molecule has 0 bridgehead atoms. The Hall–Kier alpha value is -6.31. The van der Waals surface area contributed by atoms with E-state index in [4.69, 9.17) is 15.2 Å². The molecule has 5 heterocycles. The molecule has 21 nitrogen and oxygen atoms in total. The number of hydrogen-bond acceptors (Lipinski definition) is 14. The SMILES string of the molecule is CC(CCN1Cc2cc(C#CC#CC3(COC(=O)N4CC(O)C4)CC3)cn2C1=O)(C(=O)NO)S(C)(=O)=O.CN(C)C1(C#CC#Cc2cc3n(c2)C(=O)N(CC[C@](C)(C(=O)NO)S(C)(=O)=O)C3)CC1. The third-order valence-electron chi connectivity index (χ3n) is 13.2. The third-order valence-corrected chi connectivity index (χ3v) is 17.2. The largest absolute Gasteiger partial charge is 0.448 e. The molecule has 2 aromatic heterocycles. The fourth-order valence-electron chi connectivity index (χ4n) is 7.47. The van der Waals surface area contributed by atoms with Crippen LogP contribution in [0, 0.1) is 52.8 Å². The summed E-state index contributed by atoms with van der Waals surface area (Å²) in [6, 6.07) is 2.84. The first-order valence-corrected chi connectivity index (χ1v) is 25.2. The van der Waals surface area contributed by atoms with Gasteiger partial charge < -0.3 is 24.5 Å². The number of carbonyl (C=O) groups excluding carboxylic acids is 5. The maximum atomic E-state index is 12.8. The Bertz CT molecular complexity index is 2880. The molecule has 2 saturated carbocycles. The molecular weight excluding hydrogens is 925 g/mol. The molecule has 23 heteroatoms. The number of amides is 5. The molecule has 5 amide bonds. The van der Waals surface area contributed by atoms with Gasteiger partial charge >= 0.3 is 18.2 Å². The lowest BCUT2D eigenvalue weighted by atomic mass is 10.1. The van der Waals surface area contributed by atoms with Crippen molar-refractivity contribution in [3.8, 4) is 47.4 Å². The van der Waals surface area contributed by atoms with Gasteiger partial charge in [0.05, 0.1) is 43.2 Å². The van der Waals surface area contributed by atoms with Crippen molar-refractivity contribution in [3.05, 3.63) is 47.0 Å². The number of rotatable bonds is 13. The Morgan fingerprint density at radius 1 is 0.765 bits per heavy atom. The van der Waals surface area contributed by atoms with Crippen LogP contribution in [0.15, 0.2) is 24.5 Å². The smallest absolute Gasteiger partial charge is 0.409 e. The Labute approximate surface area is 394 Å². The lowest BCUT2D eigenvalue weighted by Crippen LogP contribution is -2.53. The van der Waals surface area contributed by atoms with E-state index in [0.29, 0.717) is 16.8 Å². The zero-order valence-electron chi connectivity index (χ0n) is 38.5. The summed E-state index contributed by atoms with van der Waals surface area (Å²) in [5.41, 5.74) is 5.01. The van der Waals surface area contributed by atoms with E-state index in [1.54, 1.807) is 24.5 Å². The van der Waals surface area contributed by atoms with Crippen LogP contribution in [-0.2, 0) is 47.1 Å². The van der Waals surface area contributed by atoms with Gasteiger partial charge in [0.2, 0.25) is 0 Å². The molecular formula is C45H54N8O13S2. The summed E-state index contributed by atoms with van der Waals surface area (Å²) in [4.78, 5) is 67.6. The van der Waals surface area contributed by atoms with Gasteiger partial charge in [-0.15, -0.1) is 0 Å². The summed E-state index contributed by atoms with van der Waals surface area (Å²) in [5.74, 6) is 21.3. The first kappa shape index (κ1) is 51.1. The van der Waals surface area contributed by atoms with Crippen molar-refractivity contribution in [1.82, 2.24) is 39.7 Å². The molecule has 2 atom stereocenters. The van der Waals surface area contributed by atoms with Crippen molar-refractivity contribution in [3.63, 3.8) is 0 Å². The van der Waals surface area contributed by atoms with Gasteiger partial charge in [0.15, 0.2) is 29.2 Å². The van der Waals surface area contributed by atoms with E-state index in [2.05, 4.69) is 52.3 Å². The lowest BCUT2D eigenvalue weighted by molar-refractivity contribution is -0.132. The van der Waals surface area contributed by atoms with Gasteiger partial charge in [-0.2, -0.15) is 0 Å². The van der Waals surface area contributed by atoms with Gasteiger partial charge in [0.1, 0.15) is 6.61 Å². The van der Waals surface area contributed by atoms with Crippen LogP contribution in [0.4, 0.5) is 14.4 Å². The number of β-amino-alcohol motifs (C(OH)–C–C–N with tert-alkyl or cyclic N) is 1. The van der Waals surface area contributed by atoms with Gasteiger partial charge in [0, 0.05) is 60.5 Å². The van der Waals surface area contributed by atoms with Crippen molar-refractivity contribution in [2.45, 2.75) is 86.6 Å². The Kier molecular flexibility index (Phi) is 14.5. The molecule has 5 N–H and O–H groups in total. The zero-order chi connectivity index (χ0) is 50.0. The molecule has 3 aliphatic heterocycles. The van der Waals surface area contributed by atoms with E-state index in [1.165, 1.54) is 48.6 Å². The lowest BCUT2D eigenvalue weighted by Gasteiger charge is -2.34. The second kappa shape index (κ2) is 19.4. The molecule has 7 rings (SSSR count). The summed E-state index contributed by atoms with van der Waals surface area (Å²) in [6.07, 6.45) is 7.44. The average Bonchev–Trinajstić information content (AvgIpc) is 4.08. The minimum absolute atomic E-state index is 0.00497. The van der Waals surface area contributed by atoms with Crippen molar-refractivity contribution < 1.29 is 61.1 Å². The molecule has 364 valence electrons. The number of hydroxylamine groups is 2. The number of sulfone groups is 2. The number of nitrogens with zero attached hydrogens (tertiary/aromatic N) is 6. The summed E-state index contributed by atoms with van der Waals surface area (Å²) < 4.78 is 52.8. The van der Waals surface area contributed by atoms with Crippen LogP contribution in [0.3, 0.4) is 0 Å². The van der Waals surface area contributed by atoms with Gasteiger partial charge in [0.25, 0.3) is 11.8 Å². The predicted molar refractivity (Wildman–Crippen MR) is 242 cm³/mol. The molecule has 1 saturated heterocycles. The van der Waals surface area contributed by atoms with Crippen LogP contribution in [0.1, 0.15) is 74.9 Å². The maximum absolute atomic E-state index is 12.8. The van der Waals surface area contributed by atoms with Crippen molar-refractivity contribution in [2.24, 2.45) is 5.41 Å². The van der Waals surface area contributed by atoms with Crippen LogP contribution < -0.4 is 11.0 Å². The number of aliphatic hydroxyl groups excluding tert-OH is 1. The molecule has 2 aromatic rings. The highest BCUT2D eigenvalue weighted by atomic mass is 32.2. The number of aromatic nitrogens is 2. The number of fused-ring (bicyclic) bond motifs is 2. The average molecular weight is 979 g/mol. The fraction of sp³-hybridized carbons (Fsp3) is 0.533. The van der Waals surface area contributed by atoms with Crippen LogP contribution in [-0.4, -0.2) is 172 Å². The first-order chi connectivity index (χ1) is 31.8. The zero-order valence-corrected chi connectivity index (χ0v) is 40.1. The van der Waals surface area contributed by atoms with E-state index < -0.39 is 53.2 Å². The Morgan fingerprint density at radius 2 is 1.21 bits per heavy atom. The van der Waals surface area contributed by atoms with Gasteiger partial charge in [-0.1, -0.05) is 23.7 Å². The molecule has 0 spiro atoms. The molecule has 0 radical (unpaired) electrons. The topological polar surface area (TPSA) is 270 Å². The van der Waals surface area contributed by atoms with Crippen molar-refractivity contribution in [1.29, 1.82) is 0 Å². The van der Waals surface area contributed by atoms with E-state index in [1.807, 2.05) is 14.1 Å². The number of carbonyl (C=O) groups is 5. The quantitative estimate of drug-likeness (QED) is 0.103. The Balaban J connectivity index is 0.000000228. The maximum Gasteiger partial charge on any atom is 0.409 e. The second-order valence-corrected chi connectivity index (χ2v) is 23.2. The van der Waals surface area contributed by atoms with Crippen LogP contribution in [0.2, 0.25) is 0 Å². The summed E-state index contributed by atoms with van der Waals surface area (Å²) in [7, 11) is -3.68. The van der Waals surface area contributed by atoms with Gasteiger partial charge in [-0.3, -0.25) is 34.0 Å².